The minimum absolute atomic E-state index is 0.108. The zero-order chi connectivity index (χ0) is 47.2. The fourth-order valence-corrected chi connectivity index (χ4v) is 6.46. The zero-order valence-electron chi connectivity index (χ0n) is 29.8. The SMILES string of the molecule is [O]=[Sb]([OH])([OH])[F].[O]=[Sb]([OH])([OH])[F].[O]=[Sb]([OH])([OH])[F].[O]=[Sb]([OH])([OH])[F].[O]=[Sb]([OH])([OH])[F].[O]=[Sb]([OH])([OH])[F].c1ccc([S+](CCCc2c3ccccc3cc3ccccc23)c2ccccc2)cc1. The Morgan fingerprint density at radius 1 is 0.383 bits per heavy atom. The van der Waals surface area contributed by atoms with E-state index in [1.54, 1.807) is 0 Å². The molecule has 0 bridgehead atoms. The van der Waals surface area contributed by atoms with Crippen LogP contribution in [0.25, 0.3) is 21.5 Å². The van der Waals surface area contributed by atoms with Gasteiger partial charge in [0.1, 0.15) is 5.75 Å². The van der Waals surface area contributed by atoms with Gasteiger partial charge in [-0.2, -0.15) is 0 Å². The maximum Gasteiger partial charge on any atom is 0.160 e. The summed E-state index contributed by atoms with van der Waals surface area (Å²) in [6, 6.07) is 42.0. The largest absolute Gasteiger partial charge is 0.160 e. The third-order valence-corrected chi connectivity index (χ3v) is 8.09. The molecule has 0 atom stereocenters. The number of rotatable bonds is 6. The van der Waals surface area contributed by atoms with Gasteiger partial charge in [0.25, 0.3) is 0 Å². The van der Waals surface area contributed by atoms with E-state index in [-0.39, 0.29) is 10.9 Å². The first-order chi connectivity index (χ1) is 26.9. The van der Waals surface area contributed by atoms with E-state index >= 15 is 0 Å². The van der Waals surface area contributed by atoms with Crippen LogP contribution in [0.2, 0.25) is 0 Å². The van der Waals surface area contributed by atoms with Gasteiger partial charge < -0.3 is 0 Å². The van der Waals surface area contributed by atoms with E-state index in [0.717, 1.165) is 6.42 Å². The number of halogens is 6. The first-order valence-electron chi connectivity index (χ1n) is 15.1. The standard InChI is InChI=1S/C29H25S.6FH.12H2O.6O.6Sb/c1-3-14-25(15-4-1)30(26-16-5-2-6-17-26)21-11-20-29-27-18-9-7-12-23(27)22-24-13-8-10-19-28(24)29;;;;;;;;;;;;;;;;;;;;;;;;;;;;;;/h1-10,12-19,22H,11,20-21H2;6*1H;12*1H2;;;;;;;;;;;;/q+1;;;;;;;;;;;;;;;;;;;;;;;;;6*+3/p-18. The monoisotopic (exact) mass is 1540 g/mol. The van der Waals surface area contributed by atoms with Gasteiger partial charge in [0.15, 0.2) is 9.79 Å². The quantitative estimate of drug-likeness (QED) is 0.0477. The Balaban J connectivity index is 0. The van der Waals surface area contributed by atoms with Crippen molar-refractivity contribution in [2.75, 3.05) is 5.75 Å². The molecule has 0 aliphatic carbocycles. The number of aryl methyl sites for hydroxylation is 1. The molecular weight excluding hydrogens is 1510 g/mol. The van der Waals surface area contributed by atoms with E-state index < -0.39 is 121 Å². The Labute approximate surface area is 373 Å². The van der Waals surface area contributed by atoms with Gasteiger partial charge in [-0.3, -0.25) is 0 Å². The first-order valence-corrected chi connectivity index (χ1v) is 42.2. The molecule has 18 nitrogen and oxygen atoms in total. The van der Waals surface area contributed by atoms with Crippen molar-refractivity contribution in [3.8, 4) is 0 Å². The smallest absolute Gasteiger partial charge is 0.0619 e. The van der Waals surface area contributed by atoms with Crippen molar-refractivity contribution in [3.63, 3.8) is 0 Å². The fourth-order valence-electron chi connectivity index (χ4n) is 4.31. The molecule has 0 heterocycles. The van der Waals surface area contributed by atoms with Gasteiger partial charge in [-0.05, 0) is 70.3 Å². The summed E-state index contributed by atoms with van der Waals surface area (Å²) in [6.45, 7) is 0. The second kappa shape index (κ2) is 29.3. The molecule has 338 valence electrons. The summed E-state index contributed by atoms with van der Waals surface area (Å²) in [5, 5.41) is 5.48. The summed E-state index contributed by atoms with van der Waals surface area (Å²) >= 11 is -35.1. The van der Waals surface area contributed by atoms with Crippen molar-refractivity contribution in [2.45, 2.75) is 22.6 Å². The summed E-state index contributed by atoms with van der Waals surface area (Å²) in [5.74, 6) is 1.17. The number of hydrogen-bond donors (Lipinski definition) is 12. The summed E-state index contributed by atoms with van der Waals surface area (Å²) < 4.78 is 200. The van der Waals surface area contributed by atoms with Crippen molar-refractivity contribution < 1.29 is 75.6 Å². The average molecular weight is 1550 g/mol. The molecule has 12 N–H and O–H groups in total. The Morgan fingerprint density at radius 2 is 0.617 bits per heavy atom. The zero-order valence-corrected chi connectivity index (χ0v) is 45.9. The normalized spacial score (nSPS) is 11.6. The Hall–Kier alpha value is -0.221. The fraction of sp³-hybridized carbons (Fsp3) is 0.103. The van der Waals surface area contributed by atoms with Gasteiger partial charge in [-0.25, -0.2) is 0 Å². The first kappa shape index (κ1) is 61.9. The van der Waals surface area contributed by atoms with Crippen LogP contribution in [0.3, 0.4) is 0 Å². The van der Waals surface area contributed by atoms with Gasteiger partial charge in [-0.15, -0.1) is 0 Å². The second-order valence-electron chi connectivity index (χ2n) is 10.5. The van der Waals surface area contributed by atoms with Gasteiger partial charge >= 0.3 is 197 Å². The molecular formula is C29H37F6O18SSb6+. The van der Waals surface area contributed by atoms with Crippen molar-refractivity contribution in [3.05, 3.63) is 121 Å². The molecule has 0 saturated heterocycles. The molecule has 0 unspecified atom stereocenters. The molecule has 5 rings (SSSR count). The number of benzene rings is 5. The van der Waals surface area contributed by atoms with E-state index in [4.69, 9.17) is 58.7 Å². The molecule has 0 amide bonds. The van der Waals surface area contributed by atoms with Crippen LogP contribution in [-0.4, -0.2) is 168 Å². The molecule has 60 heavy (non-hydrogen) atoms. The molecule has 0 aromatic heterocycles. The van der Waals surface area contributed by atoms with E-state index in [1.807, 2.05) is 0 Å². The van der Waals surface area contributed by atoms with Crippen LogP contribution < -0.4 is 0 Å². The van der Waals surface area contributed by atoms with Crippen molar-refractivity contribution in [1.82, 2.24) is 0 Å². The number of hydrogen-bond acceptors (Lipinski definition) is 6. The molecule has 0 saturated carbocycles. The minimum Gasteiger partial charge on any atom is -0.0619 e. The third-order valence-electron chi connectivity index (χ3n) is 5.71. The third kappa shape index (κ3) is 45.8. The Morgan fingerprint density at radius 3 is 0.883 bits per heavy atom. The Bertz CT molecular complexity index is 2010. The van der Waals surface area contributed by atoms with Gasteiger partial charge in [0.2, 0.25) is 0 Å². The molecule has 0 aliphatic heterocycles. The van der Waals surface area contributed by atoms with Crippen molar-refractivity contribution in [2.24, 2.45) is 0 Å². The summed E-state index contributed by atoms with van der Waals surface area (Å²) in [6.07, 6.45) is 2.27. The molecule has 0 radical (unpaired) electrons. The Kier molecular flexibility index (Phi) is 30.3. The maximum absolute atomic E-state index is 10.4. The van der Waals surface area contributed by atoms with Crippen LogP contribution in [0.4, 0.5) is 16.9 Å². The molecule has 5 aromatic carbocycles. The van der Waals surface area contributed by atoms with Crippen molar-refractivity contribution in [1.29, 1.82) is 0 Å². The van der Waals surface area contributed by atoms with E-state index in [1.165, 1.54) is 49.1 Å². The van der Waals surface area contributed by atoms with Crippen LogP contribution in [0.1, 0.15) is 12.0 Å². The predicted molar refractivity (Wildman–Crippen MR) is 203 cm³/mol. The van der Waals surface area contributed by atoms with Crippen molar-refractivity contribution >= 4 is 154 Å². The predicted octanol–water partition coefficient (Wildman–Crippen LogP) is 0.502. The number of fused-ring (bicyclic) bond motifs is 2. The van der Waals surface area contributed by atoms with Crippen LogP contribution in [0.5, 0.6) is 0 Å². The van der Waals surface area contributed by atoms with Gasteiger partial charge in [-0.1, -0.05) is 84.9 Å². The maximum atomic E-state index is 10.4. The van der Waals surface area contributed by atoms with Crippen LogP contribution in [0.15, 0.2) is 125 Å². The van der Waals surface area contributed by atoms with Crippen LogP contribution in [0, 0.1) is 0 Å². The average Bonchev–Trinajstić information content (AvgIpc) is 3.02. The molecule has 0 aliphatic rings. The molecule has 5 aromatic rings. The van der Waals surface area contributed by atoms with Gasteiger partial charge in [0, 0.05) is 0 Å². The topological polar surface area (TPSA) is 345 Å². The molecule has 0 fully saturated rings. The summed E-state index contributed by atoms with van der Waals surface area (Å²) in [5.41, 5.74) is 1.49. The summed E-state index contributed by atoms with van der Waals surface area (Å²) in [4.78, 5) is 2.87. The van der Waals surface area contributed by atoms with E-state index in [2.05, 4.69) is 115 Å². The second-order valence-corrected chi connectivity index (χ2v) is 28.8. The van der Waals surface area contributed by atoms with E-state index in [0.29, 0.717) is 0 Å². The molecule has 0 spiro atoms. The van der Waals surface area contributed by atoms with Gasteiger partial charge in [0.05, 0.1) is 10.9 Å². The van der Waals surface area contributed by atoms with Crippen LogP contribution >= 0.6 is 0 Å². The van der Waals surface area contributed by atoms with Crippen LogP contribution in [-0.2, 0) is 35.4 Å². The summed E-state index contributed by atoms with van der Waals surface area (Å²) in [7, 11) is 0.108. The van der Waals surface area contributed by atoms with E-state index in [9.17, 15) is 16.9 Å². The minimum atomic E-state index is -5.85. The molecule has 31 heteroatoms.